The molecule has 0 aromatic heterocycles. The van der Waals surface area contributed by atoms with Crippen molar-refractivity contribution in [3.63, 3.8) is 0 Å². The third kappa shape index (κ3) is 2.93. The first-order chi connectivity index (χ1) is 8.31. The molecule has 98 valence electrons. The molecule has 3 rings (SSSR count). The number of piperidine rings is 1. The second-order valence-electron chi connectivity index (χ2n) is 5.25. The molecule has 1 N–H and O–H groups in total. The van der Waals surface area contributed by atoms with Crippen molar-refractivity contribution >= 4 is 18.5 Å². The minimum atomic E-state index is -0.124. The zero-order valence-electron chi connectivity index (χ0n) is 10.3. The summed E-state index contributed by atoms with van der Waals surface area (Å²) < 4.78 is 13.4. The lowest BCUT2D eigenvalue weighted by Gasteiger charge is -2.26. The first-order valence-electron chi connectivity index (χ1n) is 6.50. The van der Waals surface area contributed by atoms with E-state index in [0.717, 1.165) is 0 Å². The SMILES string of the molecule is Cl.Fc1ccccc1/C=C/C1CC2CCC(C1)N2. The minimum absolute atomic E-state index is 0. The average molecular weight is 268 g/mol. The molecule has 2 bridgehead atoms. The number of hydrogen-bond donors (Lipinski definition) is 1. The third-order valence-corrected chi connectivity index (χ3v) is 3.96. The van der Waals surface area contributed by atoms with Crippen LogP contribution in [0.3, 0.4) is 0 Å². The first kappa shape index (κ1) is 13.6. The summed E-state index contributed by atoms with van der Waals surface area (Å²) in [6, 6.07) is 8.37. The zero-order valence-corrected chi connectivity index (χ0v) is 11.1. The highest BCUT2D eigenvalue weighted by Crippen LogP contribution is 2.31. The molecule has 2 heterocycles. The summed E-state index contributed by atoms with van der Waals surface area (Å²) in [5.41, 5.74) is 0.707. The molecule has 0 radical (unpaired) electrons. The summed E-state index contributed by atoms with van der Waals surface area (Å²) in [5, 5.41) is 3.62. The van der Waals surface area contributed by atoms with Crippen LogP contribution >= 0.6 is 12.4 Å². The highest BCUT2D eigenvalue weighted by Gasteiger charge is 2.32. The van der Waals surface area contributed by atoms with Crippen molar-refractivity contribution in [3.8, 4) is 0 Å². The van der Waals surface area contributed by atoms with Gasteiger partial charge in [-0.1, -0.05) is 30.4 Å². The maximum Gasteiger partial charge on any atom is 0.130 e. The van der Waals surface area contributed by atoms with Gasteiger partial charge in [0.05, 0.1) is 0 Å². The molecule has 0 spiro atoms. The van der Waals surface area contributed by atoms with E-state index in [9.17, 15) is 4.39 Å². The molecule has 2 aliphatic heterocycles. The van der Waals surface area contributed by atoms with Crippen LogP contribution < -0.4 is 5.32 Å². The van der Waals surface area contributed by atoms with Crippen LogP contribution in [0.5, 0.6) is 0 Å². The van der Waals surface area contributed by atoms with Gasteiger partial charge in [0.2, 0.25) is 0 Å². The van der Waals surface area contributed by atoms with Gasteiger partial charge in [-0.25, -0.2) is 4.39 Å². The van der Waals surface area contributed by atoms with E-state index in [1.54, 1.807) is 6.07 Å². The van der Waals surface area contributed by atoms with E-state index >= 15 is 0 Å². The molecule has 0 aliphatic carbocycles. The van der Waals surface area contributed by atoms with E-state index in [4.69, 9.17) is 0 Å². The van der Waals surface area contributed by atoms with E-state index in [0.29, 0.717) is 23.6 Å². The van der Waals surface area contributed by atoms with Crippen LogP contribution in [0.15, 0.2) is 30.3 Å². The Kier molecular flexibility index (Phi) is 4.41. The van der Waals surface area contributed by atoms with Gasteiger partial charge in [0.1, 0.15) is 5.82 Å². The van der Waals surface area contributed by atoms with Gasteiger partial charge in [-0.05, 0) is 37.7 Å². The van der Waals surface area contributed by atoms with E-state index < -0.39 is 0 Å². The number of hydrogen-bond acceptors (Lipinski definition) is 1. The van der Waals surface area contributed by atoms with Crippen molar-refractivity contribution < 1.29 is 4.39 Å². The number of fused-ring (bicyclic) bond motifs is 2. The number of halogens is 2. The van der Waals surface area contributed by atoms with Crippen molar-refractivity contribution in [2.24, 2.45) is 5.92 Å². The van der Waals surface area contributed by atoms with E-state index in [1.165, 1.54) is 31.7 Å². The Morgan fingerprint density at radius 2 is 1.78 bits per heavy atom. The molecule has 18 heavy (non-hydrogen) atoms. The lowest BCUT2D eigenvalue weighted by molar-refractivity contribution is 0.345. The van der Waals surface area contributed by atoms with Crippen molar-refractivity contribution in [1.29, 1.82) is 0 Å². The molecule has 2 fully saturated rings. The molecule has 1 nitrogen and oxygen atoms in total. The molecule has 2 unspecified atom stereocenters. The fourth-order valence-corrected chi connectivity index (χ4v) is 3.11. The summed E-state index contributed by atoms with van der Waals surface area (Å²) in [6.07, 6.45) is 9.20. The summed E-state index contributed by atoms with van der Waals surface area (Å²) in [4.78, 5) is 0. The Labute approximate surface area is 114 Å². The van der Waals surface area contributed by atoms with Crippen LogP contribution in [-0.4, -0.2) is 12.1 Å². The second kappa shape index (κ2) is 5.85. The smallest absolute Gasteiger partial charge is 0.130 e. The molecular formula is C15H19ClFN. The summed E-state index contributed by atoms with van der Waals surface area (Å²) >= 11 is 0. The predicted molar refractivity (Wildman–Crippen MR) is 75.4 cm³/mol. The lowest BCUT2D eigenvalue weighted by atomic mass is 9.91. The van der Waals surface area contributed by atoms with E-state index in [2.05, 4.69) is 11.4 Å². The third-order valence-electron chi connectivity index (χ3n) is 3.96. The van der Waals surface area contributed by atoms with E-state index in [1.807, 2.05) is 18.2 Å². The molecule has 3 heteroatoms. The normalized spacial score (nSPS) is 30.4. The molecule has 2 aliphatic rings. The predicted octanol–water partition coefficient (Wildman–Crippen LogP) is 3.79. The topological polar surface area (TPSA) is 12.0 Å². The van der Waals surface area contributed by atoms with Gasteiger partial charge in [0.15, 0.2) is 0 Å². The van der Waals surface area contributed by atoms with Gasteiger partial charge < -0.3 is 5.32 Å². The van der Waals surface area contributed by atoms with Gasteiger partial charge in [0, 0.05) is 17.6 Å². The van der Waals surface area contributed by atoms with Crippen LogP contribution in [0, 0.1) is 11.7 Å². The van der Waals surface area contributed by atoms with Crippen molar-refractivity contribution in [1.82, 2.24) is 5.32 Å². The van der Waals surface area contributed by atoms with Gasteiger partial charge >= 0.3 is 0 Å². The van der Waals surface area contributed by atoms with Crippen LogP contribution in [0.2, 0.25) is 0 Å². The largest absolute Gasteiger partial charge is 0.311 e. The lowest BCUT2D eigenvalue weighted by Crippen LogP contribution is -2.37. The summed E-state index contributed by atoms with van der Waals surface area (Å²) in [7, 11) is 0. The second-order valence-corrected chi connectivity index (χ2v) is 5.25. The fraction of sp³-hybridized carbons (Fsp3) is 0.467. The van der Waals surface area contributed by atoms with Gasteiger partial charge in [-0.15, -0.1) is 12.4 Å². The maximum absolute atomic E-state index is 13.4. The number of nitrogens with one attached hydrogen (secondary N) is 1. The highest BCUT2D eigenvalue weighted by atomic mass is 35.5. The summed E-state index contributed by atoms with van der Waals surface area (Å²) in [5.74, 6) is 0.494. The number of rotatable bonds is 2. The molecule has 0 saturated carbocycles. The van der Waals surface area contributed by atoms with E-state index in [-0.39, 0.29) is 18.2 Å². The maximum atomic E-state index is 13.4. The quantitative estimate of drug-likeness (QED) is 0.860. The zero-order chi connectivity index (χ0) is 11.7. The Morgan fingerprint density at radius 3 is 2.44 bits per heavy atom. The molecule has 2 atom stereocenters. The first-order valence-corrected chi connectivity index (χ1v) is 6.50. The van der Waals surface area contributed by atoms with Crippen molar-refractivity contribution in [3.05, 3.63) is 41.7 Å². The van der Waals surface area contributed by atoms with Crippen LogP contribution in [0.1, 0.15) is 31.2 Å². The number of allylic oxidation sites excluding steroid dienone is 1. The molecule has 2 saturated heterocycles. The highest BCUT2D eigenvalue weighted by molar-refractivity contribution is 5.85. The molecule has 1 aromatic rings. The fourth-order valence-electron chi connectivity index (χ4n) is 3.11. The van der Waals surface area contributed by atoms with Gasteiger partial charge in [-0.3, -0.25) is 0 Å². The Hall–Kier alpha value is -0.860. The van der Waals surface area contributed by atoms with Crippen molar-refractivity contribution in [2.45, 2.75) is 37.8 Å². The number of benzene rings is 1. The Balaban J connectivity index is 0.00000120. The Morgan fingerprint density at radius 1 is 1.11 bits per heavy atom. The standard InChI is InChI=1S/C15H18FN.ClH/c16-15-4-2-1-3-12(15)6-5-11-9-13-7-8-14(10-11)17-13;/h1-6,11,13-14,17H,7-10H2;1H/b6-5+;. The average Bonchev–Trinajstić information content (AvgIpc) is 2.68. The minimum Gasteiger partial charge on any atom is -0.311 e. The van der Waals surface area contributed by atoms with Crippen molar-refractivity contribution in [2.75, 3.05) is 0 Å². The summed E-state index contributed by atoms with van der Waals surface area (Å²) in [6.45, 7) is 0. The van der Waals surface area contributed by atoms with Gasteiger partial charge in [0.25, 0.3) is 0 Å². The monoisotopic (exact) mass is 267 g/mol. The molecular weight excluding hydrogens is 249 g/mol. The van der Waals surface area contributed by atoms with Crippen LogP contribution in [0.4, 0.5) is 4.39 Å². The van der Waals surface area contributed by atoms with Crippen LogP contribution in [0.25, 0.3) is 6.08 Å². The molecule has 1 aromatic carbocycles. The Bertz CT molecular complexity index is 420. The van der Waals surface area contributed by atoms with Crippen LogP contribution in [-0.2, 0) is 0 Å². The molecule has 0 amide bonds. The van der Waals surface area contributed by atoms with Gasteiger partial charge in [-0.2, -0.15) is 0 Å².